The Morgan fingerprint density at radius 2 is 1.78 bits per heavy atom. The van der Waals surface area contributed by atoms with E-state index in [1.54, 1.807) is 11.9 Å². The fourth-order valence-corrected chi connectivity index (χ4v) is 4.13. The first-order valence-corrected chi connectivity index (χ1v) is 8.73. The van der Waals surface area contributed by atoms with Gasteiger partial charge in [-0.3, -0.25) is 20.2 Å². The minimum atomic E-state index is -0.606. The van der Waals surface area contributed by atoms with Crippen LogP contribution < -0.4 is 4.31 Å². The van der Waals surface area contributed by atoms with Crippen molar-refractivity contribution in [2.24, 2.45) is 0 Å². The summed E-state index contributed by atoms with van der Waals surface area (Å²) in [6, 6.07) is 3.87. The monoisotopic (exact) mass is 339 g/mol. The molecule has 0 N–H and O–H groups in total. The second-order valence-corrected chi connectivity index (χ2v) is 6.92. The predicted octanol–water partition coefficient (Wildman–Crippen LogP) is 4.70. The first-order valence-electron chi connectivity index (χ1n) is 7.90. The van der Waals surface area contributed by atoms with E-state index < -0.39 is 9.85 Å². The van der Waals surface area contributed by atoms with E-state index in [-0.39, 0.29) is 11.4 Å². The normalized spacial score (nSPS) is 15.9. The zero-order chi connectivity index (χ0) is 16.8. The van der Waals surface area contributed by atoms with Gasteiger partial charge < -0.3 is 4.31 Å². The highest BCUT2D eigenvalue weighted by Crippen LogP contribution is 2.38. The van der Waals surface area contributed by atoms with E-state index in [9.17, 15) is 20.2 Å². The molecule has 0 aromatic heterocycles. The van der Waals surface area contributed by atoms with Crippen LogP contribution >= 0.6 is 11.9 Å². The summed E-state index contributed by atoms with van der Waals surface area (Å²) >= 11 is 1.64. The zero-order valence-corrected chi connectivity index (χ0v) is 14.0. The van der Waals surface area contributed by atoms with Gasteiger partial charge in [-0.25, -0.2) is 0 Å². The molecule has 126 valence electrons. The number of nitrogens with zero attached hydrogens (tertiary/aromatic N) is 3. The van der Waals surface area contributed by atoms with Crippen LogP contribution in [0, 0.1) is 20.2 Å². The third kappa shape index (κ3) is 4.57. The molecule has 2 rings (SSSR count). The molecule has 1 fully saturated rings. The molecule has 7 nitrogen and oxygen atoms in total. The zero-order valence-electron chi connectivity index (χ0n) is 13.1. The molecule has 8 heteroatoms. The van der Waals surface area contributed by atoms with Gasteiger partial charge in [0.2, 0.25) is 0 Å². The van der Waals surface area contributed by atoms with E-state index in [1.807, 2.05) is 11.2 Å². The molecule has 1 aliphatic carbocycles. The Kier molecular flexibility index (Phi) is 6.20. The molecule has 23 heavy (non-hydrogen) atoms. The second kappa shape index (κ2) is 8.14. The standard InChI is InChI=1S/C15H21N3O4S/c1-2-16(23-13-7-5-3-4-6-8-13)14-10-9-12(17(19)20)11-15(14)18(21)22/h9-11,13H,2-8H2,1H3. The number of nitro benzene ring substituents is 2. The van der Waals surface area contributed by atoms with Gasteiger partial charge in [0, 0.05) is 17.9 Å². The summed E-state index contributed by atoms with van der Waals surface area (Å²) in [5, 5.41) is 22.6. The molecule has 1 aliphatic rings. The molecule has 0 atom stereocenters. The lowest BCUT2D eigenvalue weighted by molar-refractivity contribution is -0.393. The minimum Gasteiger partial charge on any atom is -0.310 e. The van der Waals surface area contributed by atoms with Crippen molar-refractivity contribution < 1.29 is 9.85 Å². The Labute approximate surface area is 139 Å². The third-order valence-corrected chi connectivity index (χ3v) is 5.48. The lowest BCUT2D eigenvalue weighted by Crippen LogP contribution is -2.20. The molecule has 0 spiro atoms. The molecule has 1 saturated carbocycles. The van der Waals surface area contributed by atoms with Crippen LogP contribution in [0.3, 0.4) is 0 Å². The molecule has 0 unspecified atom stereocenters. The molecular formula is C15H21N3O4S. The fourth-order valence-electron chi connectivity index (χ4n) is 2.81. The van der Waals surface area contributed by atoms with E-state index in [0.717, 1.165) is 18.9 Å². The van der Waals surface area contributed by atoms with Crippen LogP contribution in [0.25, 0.3) is 0 Å². The Balaban J connectivity index is 2.25. The van der Waals surface area contributed by atoms with Crippen LogP contribution in [0.5, 0.6) is 0 Å². The summed E-state index contributed by atoms with van der Waals surface area (Å²) in [4.78, 5) is 21.0. The van der Waals surface area contributed by atoms with E-state index in [4.69, 9.17) is 0 Å². The molecule has 0 heterocycles. The van der Waals surface area contributed by atoms with Crippen molar-refractivity contribution in [3.63, 3.8) is 0 Å². The number of nitro groups is 2. The van der Waals surface area contributed by atoms with Crippen LogP contribution in [-0.4, -0.2) is 21.6 Å². The van der Waals surface area contributed by atoms with Crippen LogP contribution in [-0.2, 0) is 0 Å². The summed E-state index contributed by atoms with van der Waals surface area (Å²) < 4.78 is 1.90. The van der Waals surface area contributed by atoms with E-state index in [2.05, 4.69) is 0 Å². The highest BCUT2D eigenvalue weighted by Gasteiger charge is 2.25. The molecule has 0 bridgehead atoms. The smallest absolute Gasteiger partial charge is 0.300 e. The largest absolute Gasteiger partial charge is 0.310 e. The number of anilines is 1. The number of benzene rings is 1. The second-order valence-electron chi connectivity index (χ2n) is 5.60. The van der Waals surface area contributed by atoms with Gasteiger partial charge >= 0.3 is 0 Å². The summed E-state index contributed by atoms with van der Waals surface area (Å²) in [5.74, 6) is 0. The highest BCUT2D eigenvalue weighted by molar-refractivity contribution is 8.01. The predicted molar refractivity (Wildman–Crippen MR) is 91.9 cm³/mol. The summed E-state index contributed by atoms with van der Waals surface area (Å²) in [6.07, 6.45) is 7.11. The Morgan fingerprint density at radius 3 is 2.30 bits per heavy atom. The first kappa shape index (κ1) is 17.5. The number of non-ortho nitro benzene ring substituents is 1. The third-order valence-electron chi connectivity index (χ3n) is 4.00. The van der Waals surface area contributed by atoms with Gasteiger partial charge in [0.05, 0.1) is 15.9 Å². The number of rotatable bonds is 6. The van der Waals surface area contributed by atoms with Crippen molar-refractivity contribution in [1.29, 1.82) is 0 Å². The van der Waals surface area contributed by atoms with Crippen LogP contribution in [0.1, 0.15) is 45.4 Å². The Morgan fingerprint density at radius 1 is 1.13 bits per heavy atom. The lowest BCUT2D eigenvalue weighted by Gasteiger charge is -2.26. The van der Waals surface area contributed by atoms with Gasteiger partial charge in [0.15, 0.2) is 0 Å². The Hall–Kier alpha value is -1.83. The number of hydrogen-bond acceptors (Lipinski definition) is 6. The van der Waals surface area contributed by atoms with E-state index in [1.165, 1.54) is 37.8 Å². The summed E-state index contributed by atoms with van der Waals surface area (Å²) in [5.41, 5.74) is -0.0181. The topological polar surface area (TPSA) is 89.5 Å². The maximum absolute atomic E-state index is 11.3. The first-order chi connectivity index (χ1) is 11.0. The van der Waals surface area contributed by atoms with E-state index >= 15 is 0 Å². The van der Waals surface area contributed by atoms with Crippen LogP contribution in [0.2, 0.25) is 0 Å². The van der Waals surface area contributed by atoms with Gasteiger partial charge in [-0.1, -0.05) is 25.7 Å². The van der Waals surface area contributed by atoms with Gasteiger partial charge in [0.25, 0.3) is 11.4 Å². The minimum absolute atomic E-state index is 0.206. The average molecular weight is 339 g/mol. The van der Waals surface area contributed by atoms with Gasteiger partial charge in [-0.05, 0) is 37.8 Å². The van der Waals surface area contributed by atoms with Gasteiger partial charge in [-0.2, -0.15) is 0 Å². The van der Waals surface area contributed by atoms with Crippen molar-refractivity contribution in [2.75, 3.05) is 10.8 Å². The maximum Gasteiger partial charge on any atom is 0.300 e. The van der Waals surface area contributed by atoms with Crippen molar-refractivity contribution in [1.82, 2.24) is 0 Å². The highest BCUT2D eigenvalue weighted by atomic mass is 32.2. The van der Waals surface area contributed by atoms with Gasteiger partial charge in [-0.15, -0.1) is 0 Å². The van der Waals surface area contributed by atoms with Crippen molar-refractivity contribution in [3.8, 4) is 0 Å². The van der Waals surface area contributed by atoms with Crippen molar-refractivity contribution in [3.05, 3.63) is 38.4 Å². The molecule has 1 aromatic carbocycles. The molecule has 0 radical (unpaired) electrons. The maximum atomic E-state index is 11.3. The average Bonchev–Trinajstić information content (AvgIpc) is 2.80. The molecule has 0 aliphatic heterocycles. The van der Waals surface area contributed by atoms with Crippen molar-refractivity contribution >= 4 is 29.0 Å². The van der Waals surface area contributed by atoms with Crippen molar-refractivity contribution in [2.45, 2.75) is 50.7 Å². The molecule has 1 aromatic rings. The van der Waals surface area contributed by atoms with Crippen LogP contribution in [0.4, 0.5) is 17.1 Å². The van der Waals surface area contributed by atoms with E-state index in [0.29, 0.717) is 17.5 Å². The quantitative estimate of drug-likeness (QED) is 0.323. The summed E-state index contributed by atoms with van der Waals surface area (Å²) in [6.45, 7) is 2.55. The summed E-state index contributed by atoms with van der Waals surface area (Å²) in [7, 11) is 0. The molecular weight excluding hydrogens is 318 g/mol. The number of hydrogen-bond donors (Lipinski definition) is 0. The fraction of sp³-hybridized carbons (Fsp3) is 0.600. The Bertz CT molecular complexity index is 574. The lowest BCUT2D eigenvalue weighted by atomic mass is 10.2. The van der Waals surface area contributed by atoms with Gasteiger partial charge in [0.1, 0.15) is 5.69 Å². The van der Waals surface area contributed by atoms with Crippen LogP contribution in [0.15, 0.2) is 18.2 Å². The SMILES string of the molecule is CCN(SC1CCCCCC1)c1ccc([N+](=O)[O-])cc1[N+](=O)[O-]. The molecule has 0 amide bonds. The molecule has 0 saturated heterocycles.